The number of carbonyl (C=O) groups is 2. The Hall–Kier alpha value is -2.05. The third-order valence-corrected chi connectivity index (χ3v) is 3.68. The molecule has 1 aliphatic rings. The van der Waals surface area contributed by atoms with E-state index in [-0.39, 0.29) is 17.9 Å². The van der Waals surface area contributed by atoms with E-state index >= 15 is 0 Å². The van der Waals surface area contributed by atoms with Crippen molar-refractivity contribution in [1.29, 1.82) is 0 Å². The largest absolute Gasteiger partial charge is 0.351 e. The number of aromatic nitrogens is 2. The van der Waals surface area contributed by atoms with Crippen molar-refractivity contribution < 1.29 is 9.59 Å². The van der Waals surface area contributed by atoms with Crippen LogP contribution in [0.5, 0.6) is 0 Å². The number of nitrogens with one attached hydrogen (secondary N) is 2. The Kier molecular flexibility index (Phi) is 4.60. The number of nitrogens with two attached hydrogens (primary N) is 1. The van der Waals surface area contributed by atoms with E-state index in [1.165, 1.54) is 4.90 Å². The van der Waals surface area contributed by atoms with E-state index in [0.29, 0.717) is 13.1 Å². The van der Waals surface area contributed by atoms with Gasteiger partial charge in [-0.25, -0.2) is 9.78 Å². The van der Waals surface area contributed by atoms with E-state index in [1.807, 2.05) is 6.92 Å². The summed E-state index contributed by atoms with van der Waals surface area (Å²) in [7, 11) is 0. The van der Waals surface area contributed by atoms with Crippen molar-refractivity contribution in [2.75, 3.05) is 13.1 Å². The molecule has 2 unspecified atom stereocenters. The molecule has 2 rings (SSSR count). The van der Waals surface area contributed by atoms with Crippen molar-refractivity contribution in [2.24, 2.45) is 11.7 Å². The quantitative estimate of drug-likeness (QED) is 0.758. The van der Waals surface area contributed by atoms with Gasteiger partial charge in [-0.05, 0) is 19.3 Å². The summed E-state index contributed by atoms with van der Waals surface area (Å²) in [6.45, 7) is 3.02. The monoisotopic (exact) mass is 279 g/mol. The van der Waals surface area contributed by atoms with Crippen molar-refractivity contribution in [1.82, 2.24) is 20.2 Å². The number of piperidine rings is 1. The Morgan fingerprint density at radius 1 is 1.65 bits per heavy atom. The first-order valence-corrected chi connectivity index (χ1v) is 6.95. The summed E-state index contributed by atoms with van der Waals surface area (Å²) >= 11 is 0. The van der Waals surface area contributed by atoms with Crippen LogP contribution in [0, 0.1) is 5.92 Å². The van der Waals surface area contributed by atoms with Crippen LogP contribution in [0.15, 0.2) is 12.4 Å². The van der Waals surface area contributed by atoms with Gasteiger partial charge in [0.1, 0.15) is 5.82 Å². The van der Waals surface area contributed by atoms with Gasteiger partial charge in [0, 0.05) is 25.5 Å². The number of primary amides is 1. The van der Waals surface area contributed by atoms with Crippen LogP contribution in [0.3, 0.4) is 0 Å². The molecule has 0 radical (unpaired) electrons. The van der Waals surface area contributed by atoms with E-state index in [1.54, 1.807) is 12.4 Å². The zero-order chi connectivity index (χ0) is 14.5. The molecule has 1 saturated heterocycles. The summed E-state index contributed by atoms with van der Waals surface area (Å²) in [4.78, 5) is 32.2. The van der Waals surface area contributed by atoms with Crippen molar-refractivity contribution in [3.63, 3.8) is 0 Å². The number of hydrogen-bond donors (Lipinski definition) is 3. The van der Waals surface area contributed by atoms with Crippen molar-refractivity contribution in [3.05, 3.63) is 18.2 Å². The van der Waals surface area contributed by atoms with Gasteiger partial charge in [-0.2, -0.15) is 0 Å². The van der Waals surface area contributed by atoms with Crippen molar-refractivity contribution >= 4 is 11.9 Å². The Morgan fingerprint density at radius 2 is 2.45 bits per heavy atom. The highest BCUT2D eigenvalue weighted by atomic mass is 16.2. The van der Waals surface area contributed by atoms with E-state index in [2.05, 4.69) is 15.3 Å². The Bertz CT molecular complexity index is 459. The first kappa shape index (κ1) is 14.4. The molecule has 2 atom stereocenters. The lowest BCUT2D eigenvalue weighted by atomic mass is 9.97. The lowest BCUT2D eigenvalue weighted by molar-refractivity contribution is -0.127. The zero-order valence-electron chi connectivity index (χ0n) is 11.6. The van der Waals surface area contributed by atoms with Gasteiger partial charge in [0.05, 0.1) is 12.0 Å². The summed E-state index contributed by atoms with van der Waals surface area (Å²) in [5.74, 6) is 0.517. The van der Waals surface area contributed by atoms with Crippen LogP contribution in [0.1, 0.15) is 38.1 Å². The van der Waals surface area contributed by atoms with E-state index < -0.39 is 6.03 Å². The number of aromatic amines is 1. The number of likely N-dealkylation sites (tertiary alicyclic amines) is 1. The molecule has 1 aromatic heterocycles. The van der Waals surface area contributed by atoms with Crippen LogP contribution < -0.4 is 11.1 Å². The molecule has 7 nitrogen and oxygen atoms in total. The first-order valence-electron chi connectivity index (χ1n) is 6.95. The second kappa shape index (κ2) is 6.40. The van der Waals surface area contributed by atoms with Gasteiger partial charge in [0.15, 0.2) is 0 Å². The highest BCUT2D eigenvalue weighted by Gasteiger charge is 2.28. The molecule has 1 fully saturated rings. The maximum atomic E-state index is 12.3. The summed E-state index contributed by atoms with van der Waals surface area (Å²) in [5, 5.41) is 2.99. The normalized spacial score (nSPS) is 20.4. The van der Waals surface area contributed by atoms with E-state index in [9.17, 15) is 9.59 Å². The predicted octanol–water partition coefficient (Wildman–Crippen LogP) is 0.768. The Labute approximate surface area is 117 Å². The van der Waals surface area contributed by atoms with Crippen LogP contribution in [-0.2, 0) is 4.79 Å². The molecule has 0 spiro atoms. The molecular formula is C13H21N5O2. The second-order valence-electron chi connectivity index (χ2n) is 5.07. The molecule has 20 heavy (non-hydrogen) atoms. The minimum atomic E-state index is -0.458. The number of rotatable bonds is 4. The number of hydrogen-bond acceptors (Lipinski definition) is 3. The average molecular weight is 279 g/mol. The topological polar surface area (TPSA) is 104 Å². The molecule has 2 heterocycles. The maximum absolute atomic E-state index is 12.3. The van der Waals surface area contributed by atoms with E-state index in [4.69, 9.17) is 5.73 Å². The van der Waals surface area contributed by atoms with Crippen LogP contribution >= 0.6 is 0 Å². The third kappa shape index (κ3) is 3.28. The van der Waals surface area contributed by atoms with Crippen molar-refractivity contribution in [2.45, 2.75) is 32.2 Å². The van der Waals surface area contributed by atoms with Crippen LogP contribution in [-0.4, -0.2) is 39.9 Å². The minimum Gasteiger partial charge on any atom is -0.351 e. The molecule has 0 aliphatic carbocycles. The van der Waals surface area contributed by atoms with Gasteiger partial charge in [-0.1, -0.05) is 6.92 Å². The fraction of sp³-hybridized carbons (Fsp3) is 0.615. The molecule has 7 heteroatoms. The Morgan fingerprint density at radius 3 is 3.05 bits per heavy atom. The Balaban J connectivity index is 1.95. The number of H-pyrrole nitrogens is 1. The highest BCUT2D eigenvalue weighted by molar-refractivity contribution is 5.80. The molecular weight excluding hydrogens is 258 g/mol. The van der Waals surface area contributed by atoms with Crippen LogP contribution in [0.25, 0.3) is 0 Å². The molecule has 110 valence electrons. The summed E-state index contributed by atoms with van der Waals surface area (Å²) in [6, 6.07) is -0.581. The molecule has 0 bridgehead atoms. The minimum absolute atomic E-state index is 0.0424. The molecule has 0 aromatic carbocycles. The molecule has 3 amide bonds. The molecule has 4 N–H and O–H groups in total. The summed E-state index contributed by atoms with van der Waals surface area (Å²) < 4.78 is 0. The number of urea groups is 1. The number of amides is 3. The lowest BCUT2D eigenvalue weighted by Gasteiger charge is -2.31. The first-order chi connectivity index (χ1) is 9.61. The van der Waals surface area contributed by atoms with Gasteiger partial charge in [0.25, 0.3) is 0 Å². The van der Waals surface area contributed by atoms with Crippen molar-refractivity contribution in [3.8, 4) is 0 Å². The maximum Gasteiger partial charge on any atom is 0.314 e. The number of carbonyl (C=O) groups excluding carboxylic acids is 2. The number of imidazole rings is 1. The fourth-order valence-corrected chi connectivity index (χ4v) is 2.51. The third-order valence-electron chi connectivity index (χ3n) is 3.68. The van der Waals surface area contributed by atoms with Gasteiger partial charge in [-0.15, -0.1) is 0 Å². The highest BCUT2D eigenvalue weighted by Crippen LogP contribution is 2.19. The van der Waals surface area contributed by atoms with Gasteiger partial charge >= 0.3 is 6.03 Å². The summed E-state index contributed by atoms with van der Waals surface area (Å²) in [5.41, 5.74) is 5.27. The SMILES string of the molecule is CCC(NC(=O)C1CCCN(C(N)=O)C1)c1ncc[nH]1. The number of nitrogens with zero attached hydrogens (tertiary/aromatic N) is 2. The van der Waals surface area contributed by atoms with Crippen LogP contribution in [0.2, 0.25) is 0 Å². The fourth-order valence-electron chi connectivity index (χ4n) is 2.51. The zero-order valence-corrected chi connectivity index (χ0v) is 11.6. The molecule has 0 saturated carbocycles. The van der Waals surface area contributed by atoms with E-state index in [0.717, 1.165) is 25.1 Å². The standard InChI is InChI=1S/C13H21N5O2/c1-2-10(11-15-5-6-16-11)17-12(19)9-4-3-7-18(8-9)13(14)20/h5-6,9-10H,2-4,7-8H2,1H3,(H2,14,20)(H,15,16)(H,17,19). The second-order valence-corrected chi connectivity index (χ2v) is 5.07. The van der Waals surface area contributed by atoms with Gasteiger partial charge < -0.3 is 20.9 Å². The average Bonchev–Trinajstić information content (AvgIpc) is 2.98. The summed E-state index contributed by atoms with van der Waals surface area (Å²) in [6.07, 6.45) is 5.74. The molecule has 1 aromatic rings. The molecule has 1 aliphatic heterocycles. The van der Waals surface area contributed by atoms with Gasteiger partial charge in [0.2, 0.25) is 5.91 Å². The lowest BCUT2D eigenvalue weighted by Crippen LogP contribution is -2.47. The van der Waals surface area contributed by atoms with Crippen LogP contribution in [0.4, 0.5) is 4.79 Å². The predicted molar refractivity (Wildman–Crippen MR) is 73.6 cm³/mol. The van der Waals surface area contributed by atoms with Gasteiger partial charge in [-0.3, -0.25) is 4.79 Å². The smallest absolute Gasteiger partial charge is 0.314 e.